The maximum atomic E-state index is 12.6. The number of nitrogens with one attached hydrogen (secondary N) is 1. The van der Waals surface area contributed by atoms with Crippen LogP contribution in [0.3, 0.4) is 0 Å². The van der Waals surface area contributed by atoms with Crippen molar-refractivity contribution in [3.8, 4) is 17.1 Å². The molecule has 39 heavy (non-hydrogen) atoms. The zero-order chi connectivity index (χ0) is 28.2. The molecule has 0 saturated heterocycles. The lowest BCUT2D eigenvalue weighted by molar-refractivity contribution is -0.118. The van der Waals surface area contributed by atoms with Crippen molar-refractivity contribution in [3.05, 3.63) is 95.1 Å². The number of benzene rings is 3. The molecule has 6 nitrogen and oxygen atoms in total. The summed E-state index contributed by atoms with van der Waals surface area (Å²) in [7, 11) is 0. The quantitative estimate of drug-likeness (QED) is 0.155. The lowest BCUT2D eigenvalue weighted by atomic mass is 9.87. The van der Waals surface area contributed by atoms with Crippen LogP contribution in [-0.4, -0.2) is 32.6 Å². The summed E-state index contributed by atoms with van der Waals surface area (Å²) in [4.78, 5) is 12.6. The summed E-state index contributed by atoms with van der Waals surface area (Å²) in [5.74, 6) is 0.684. The Bertz CT molecular complexity index is 1440. The van der Waals surface area contributed by atoms with Crippen LogP contribution >= 0.6 is 11.8 Å². The molecule has 0 bridgehead atoms. The van der Waals surface area contributed by atoms with E-state index in [0.29, 0.717) is 5.16 Å². The van der Waals surface area contributed by atoms with Crippen LogP contribution in [0.4, 0.5) is 0 Å². The van der Waals surface area contributed by atoms with E-state index < -0.39 is 0 Å². The summed E-state index contributed by atoms with van der Waals surface area (Å²) in [5.41, 5.74) is 9.30. The highest BCUT2D eigenvalue weighted by atomic mass is 32.2. The number of aryl methyl sites for hydroxylation is 1. The molecule has 0 spiro atoms. The molecule has 0 saturated carbocycles. The molecule has 0 unspecified atom stereocenters. The fourth-order valence-corrected chi connectivity index (χ4v) is 4.75. The second kappa shape index (κ2) is 11.6. The van der Waals surface area contributed by atoms with Gasteiger partial charge in [-0.3, -0.25) is 9.36 Å². The largest absolute Gasteiger partial charge is 0.272 e. The maximum absolute atomic E-state index is 12.6. The van der Waals surface area contributed by atoms with E-state index in [1.807, 2.05) is 28.8 Å². The lowest BCUT2D eigenvalue weighted by Crippen LogP contribution is -2.20. The fraction of sp³-hybridized carbons (Fsp3) is 0.312. The van der Waals surface area contributed by atoms with E-state index in [9.17, 15) is 4.79 Å². The Labute approximate surface area is 236 Å². The minimum Gasteiger partial charge on any atom is -0.272 e. The van der Waals surface area contributed by atoms with Crippen LogP contribution in [0.1, 0.15) is 63.8 Å². The summed E-state index contributed by atoms with van der Waals surface area (Å²) in [5, 5.41) is 13.7. The molecule has 1 heterocycles. The zero-order valence-electron chi connectivity index (χ0n) is 23.8. The average Bonchev–Trinajstić information content (AvgIpc) is 3.31. The Morgan fingerprint density at radius 3 is 1.97 bits per heavy atom. The van der Waals surface area contributed by atoms with Gasteiger partial charge in [-0.05, 0) is 46.6 Å². The first-order chi connectivity index (χ1) is 18.4. The van der Waals surface area contributed by atoms with Gasteiger partial charge in [-0.2, -0.15) is 5.10 Å². The van der Waals surface area contributed by atoms with Crippen molar-refractivity contribution in [2.45, 2.75) is 64.5 Å². The predicted octanol–water partition coefficient (Wildman–Crippen LogP) is 7.08. The molecule has 0 fully saturated rings. The first kappa shape index (κ1) is 28.3. The third kappa shape index (κ3) is 7.24. The summed E-state index contributed by atoms with van der Waals surface area (Å²) in [6.07, 6.45) is 1.66. The molecule has 1 N–H and O–H groups in total. The molecular formula is C32H37N5OS. The van der Waals surface area contributed by atoms with Crippen molar-refractivity contribution < 1.29 is 4.79 Å². The van der Waals surface area contributed by atoms with Crippen LogP contribution in [0.2, 0.25) is 0 Å². The summed E-state index contributed by atoms with van der Waals surface area (Å²) >= 11 is 1.33. The van der Waals surface area contributed by atoms with E-state index >= 15 is 0 Å². The third-order valence-corrected chi connectivity index (χ3v) is 7.38. The Hall–Kier alpha value is -3.71. The number of hydrogen-bond acceptors (Lipinski definition) is 5. The van der Waals surface area contributed by atoms with Crippen molar-refractivity contribution in [2.75, 3.05) is 5.75 Å². The van der Waals surface area contributed by atoms with Gasteiger partial charge in [-0.15, -0.1) is 10.2 Å². The number of carbonyl (C=O) groups is 1. The van der Waals surface area contributed by atoms with Gasteiger partial charge in [0.25, 0.3) is 5.91 Å². The first-order valence-electron chi connectivity index (χ1n) is 13.1. The highest BCUT2D eigenvalue weighted by Crippen LogP contribution is 2.30. The number of nitrogens with zero attached hydrogens (tertiary/aromatic N) is 4. The van der Waals surface area contributed by atoms with Gasteiger partial charge in [0.15, 0.2) is 11.0 Å². The molecule has 0 aliphatic heterocycles. The lowest BCUT2D eigenvalue weighted by Gasteiger charge is -2.19. The molecule has 0 aliphatic carbocycles. The maximum Gasteiger partial charge on any atom is 0.250 e. The van der Waals surface area contributed by atoms with Crippen molar-refractivity contribution in [3.63, 3.8) is 0 Å². The Morgan fingerprint density at radius 2 is 1.41 bits per heavy atom. The van der Waals surface area contributed by atoms with Gasteiger partial charge in [-0.25, -0.2) is 5.43 Å². The summed E-state index contributed by atoms with van der Waals surface area (Å²) < 4.78 is 2.00. The topological polar surface area (TPSA) is 72.2 Å². The molecule has 202 valence electrons. The highest BCUT2D eigenvalue weighted by Gasteiger charge is 2.19. The van der Waals surface area contributed by atoms with Crippen LogP contribution < -0.4 is 5.43 Å². The molecule has 0 radical (unpaired) electrons. The molecular weight excluding hydrogens is 502 g/mol. The van der Waals surface area contributed by atoms with Crippen LogP contribution in [0, 0.1) is 6.92 Å². The minimum atomic E-state index is -0.211. The van der Waals surface area contributed by atoms with E-state index in [1.165, 1.54) is 28.5 Å². The van der Waals surface area contributed by atoms with E-state index in [0.717, 1.165) is 22.6 Å². The normalized spacial score (nSPS) is 12.2. The highest BCUT2D eigenvalue weighted by molar-refractivity contribution is 7.99. The Morgan fingerprint density at radius 1 is 0.846 bits per heavy atom. The molecule has 1 amide bonds. The van der Waals surface area contributed by atoms with Gasteiger partial charge >= 0.3 is 0 Å². The zero-order valence-corrected chi connectivity index (χ0v) is 24.6. The SMILES string of the molecule is Cc1ccc(-n2c(SCC(=O)N/N=C/c3ccc(C(C)(C)C)cc3)nnc2-c2ccc(C(C)(C)C)cc2)cc1. The predicted molar refractivity (Wildman–Crippen MR) is 162 cm³/mol. The van der Waals surface area contributed by atoms with Crippen LogP contribution in [0.25, 0.3) is 17.1 Å². The minimum absolute atomic E-state index is 0.0654. The number of aromatic nitrogens is 3. The number of carbonyl (C=O) groups excluding carboxylic acids is 1. The van der Waals surface area contributed by atoms with Gasteiger partial charge in [0.2, 0.25) is 0 Å². The van der Waals surface area contributed by atoms with Gasteiger partial charge in [0.05, 0.1) is 12.0 Å². The molecule has 4 rings (SSSR count). The Kier molecular flexibility index (Phi) is 8.40. The van der Waals surface area contributed by atoms with Crippen LogP contribution in [-0.2, 0) is 15.6 Å². The molecule has 0 atom stereocenters. The molecule has 1 aromatic heterocycles. The number of amides is 1. The molecule has 7 heteroatoms. The van der Waals surface area contributed by atoms with E-state index in [1.54, 1.807) is 6.21 Å². The van der Waals surface area contributed by atoms with Crippen molar-refractivity contribution in [2.24, 2.45) is 5.10 Å². The molecule has 4 aromatic rings. The van der Waals surface area contributed by atoms with Crippen molar-refractivity contribution in [1.82, 2.24) is 20.2 Å². The number of hydrogen-bond donors (Lipinski definition) is 1. The fourth-order valence-electron chi connectivity index (χ4n) is 4.01. The van der Waals surface area contributed by atoms with Crippen molar-refractivity contribution >= 4 is 23.9 Å². The molecule has 0 aliphatic rings. The van der Waals surface area contributed by atoms with E-state index in [4.69, 9.17) is 0 Å². The number of rotatable bonds is 7. The van der Waals surface area contributed by atoms with E-state index in [-0.39, 0.29) is 22.5 Å². The van der Waals surface area contributed by atoms with Crippen LogP contribution in [0.15, 0.2) is 83.1 Å². The summed E-state index contributed by atoms with van der Waals surface area (Å²) in [6.45, 7) is 15.2. The van der Waals surface area contributed by atoms with Crippen LogP contribution in [0.5, 0.6) is 0 Å². The van der Waals surface area contributed by atoms with Gasteiger partial charge in [-0.1, -0.05) is 120 Å². The van der Waals surface area contributed by atoms with Gasteiger partial charge in [0, 0.05) is 11.3 Å². The number of hydrazone groups is 1. The van der Waals surface area contributed by atoms with E-state index in [2.05, 4.69) is 118 Å². The average molecular weight is 540 g/mol. The first-order valence-corrected chi connectivity index (χ1v) is 14.1. The second-order valence-electron chi connectivity index (χ2n) is 11.8. The standard InChI is InChI=1S/C32H37N5OS/c1-22-8-18-27(19-9-22)37-29(24-12-16-26(17-13-24)32(5,6)7)35-36-30(37)39-21-28(38)34-33-20-23-10-14-25(15-11-23)31(2,3)4/h8-20H,21H2,1-7H3,(H,34,38)/b33-20+. The smallest absolute Gasteiger partial charge is 0.250 e. The van der Waals surface area contributed by atoms with Gasteiger partial charge < -0.3 is 0 Å². The molecule has 3 aromatic carbocycles. The second-order valence-corrected chi connectivity index (χ2v) is 12.7. The monoisotopic (exact) mass is 539 g/mol. The third-order valence-electron chi connectivity index (χ3n) is 6.45. The Balaban J connectivity index is 1.49. The van der Waals surface area contributed by atoms with Crippen molar-refractivity contribution in [1.29, 1.82) is 0 Å². The summed E-state index contributed by atoms with van der Waals surface area (Å²) in [6, 6.07) is 24.8. The van der Waals surface area contributed by atoms with Gasteiger partial charge in [0.1, 0.15) is 0 Å². The number of thioether (sulfide) groups is 1.